The lowest BCUT2D eigenvalue weighted by Crippen LogP contribution is -2.40. The average Bonchev–Trinajstić information content (AvgIpc) is 3.59. The molecule has 2 aliphatic heterocycles. The first kappa shape index (κ1) is 23.4. The van der Waals surface area contributed by atoms with Crippen molar-refractivity contribution in [2.75, 3.05) is 32.8 Å². The van der Waals surface area contributed by atoms with E-state index in [0.717, 1.165) is 49.0 Å². The Morgan fingerprint density at radius 3 is 2.58 bits per heavy atom. The summed E-state index contributed by atoms with van der Waals surface area (Å²) in [7, 11) is 0. The fourth-order valence-corrected chi connectivity index (χ4v) is 4.33. The van der Waals surface area contributed by atoms with Gasteiger partial charge in [0.05, 0.1) is 12.2 Å². The number of ether oxygens (including phenoxy) is 2. The molecule has 1 aromatic carbocycles. The molecule has 0 aliphatic carbocycles. The fraction of sp³-hybridized carbons (Fsp3) is 0.560. The minimum Gasteiger partial charge on any atom is -0.376 e. The molecule has 2 saturated heterocycles. The van der Waals surface area contributed by atoms with Crippen LogP contribution in [0.4, 0.5) is 0 Å². The summed E-state index contributed by atoms with van der Waals surface area (Å²) in [4.78, 5) is 27.4. The molecule has 0 bridgehead atoms. The van der Waals surface area contributed by atoms with Crippen molar-refractivity contribution in [3.05, 3.63) is 41.1 Å². The van der Waals surface area contributed by atoms with Gasteiger partial charge in [-0.2, -0.15) is 0 Å². The summed E-state index contributed by atoms with van der Waals surface area (Å²) in [6.45, 7) is 6.71. The second-order valence-electron chi connectivity index (χ2n) is 8.97. The van der Waals surface area contributed by atoms with Gasteiger partial charge in [-0.1, -0.05) is 22.9 Å². The number of rotatable bonds is 9. The van der Waals surface area contributed by atoms with Gasteiger partial charge in [-0.15, -0.1) is 0 Å². The number of hydrogen-bond donors (Lipinski definition) is 1. The number of nitrogens with one attached hydrogen (secondary N) is 1. The van der Waals surface area contributed by atoms with E-state index in [-0.39, 0.29) is 36.1 Å². The summed E-state index contributed by atoms with van der Waals surface area (Å²) in [5.41, 5.74) is 3.31. The van der Waals surface area contributed by atoms with Gasteiger partial charge in [-0.05, 0) is 51.2 Å². The first-order valence-corrected chi connectivity index (χ1v) is 11.8. The van der Waals surface area contributed by atoms with E-state index < -0.39 is 0 Å². The van der Waals surface area contributed by atoms with Crippen molar-refractivity contribution in [1.29, 1.82) is 0 Å². The molecule has 0 saturated carbocycles. The summed E-state index contributed by atoms with van der Waals surface area (Å²) in [5.74, 6) is 0.218. The number of hydrogen-bond acceptors (Lipinski definition) is 6. The number of aromatic nitrogens is 1. The van der Waals surface area contributed by atoms with Gasteiger partial charge in [0.1, 0.15) is 0 Å². The van der Waals surface area contributed by atoms with Crippen LogP contribution in [0.15, 0.2) is 28.8 Å². The second-order valence-corrected chi connectivity index (χ2v) is 8.97. The molecule has 8 nitrogen and oxygen atoms in total. The van der Waals surface area contributed by atoms with Gasteiger partial charge in [-0.25, -0.2) is 0 Å². The van der Waals surface area contributed by atoms with Gasteiger partial charge in [0.2, 0.25) is 5.91 Å². The molecule has 2 aliphatic rings. The molecular weight excluding hydrogens is 422 g/mol. The third kappa shape index (κ3) is 6.21. The normalized spacial score (nSPS) is 20.2. The Kier molecular flexibility index (Phi) is 7.77. The van der Waals surface area contributed by atoms with Crippen molar-refractivity contribution < 1.29 is 23.6 Å². The Bertz CT molecular complexity index is 961. The monoisotopic (exact) mass is 455 g/mol. The van der Waals surface area contributed by atoms with Crippen molar-refractivity contribution in [3.63, 3.8) is 0 Å². The molecule has 2 fully saturated rings. The summed E-state index contributed by atoms with van der Waals surface area (Å²) < 4.78 is 16.8. The van der Waals surface area contributed by atoms with Crippen LogP contribution in [0.2, 0.25) is 0 Å². The zero-order chi connectivity index (χ0) is 23.2. The zero-order valence-corrected chi connectivity index (χ0v) is 19.5. The number of aryl methyl sites for hydroxylation is 2. The van der Waals surface area contributed by atoms with E-state index in [0.29, 0.717) is 32.0 Å². The molecule has 2 amide bonds. The highest BCUT2D eigenvalue weighted by molar-refractivity contribution is 5.93. The van der Waals surface area contributed by atoms with Gasteiger partial charge >= 0.3 is 0 Å². The van der Waals surface area contributed by atoms with E-state index in [1.807, 2.05) is 32.0 Å². The SMILES string of the molecule is Cc1ccc(C)c(-c2cc(C(=O)N(CCC(=O)NC[C@H]3CCCO3)C[C@@H]3CCCO3)no2)c1. The molecular formula is C25H33N3O5. The highest BCUT2D eigenvalue weighted by Gasteiger charge is 2.26. The molecule has 1 aromatic heterocycles. The molecule has 2 aromatic rings. The maximum absolute atomic E-state index is 13.3. The average molecular weight is 456 g/mol. The molecule has 0 radical (unpaired) electrons. The molecule has 178 valence electrons. The third-order valence-corrected chi connectivity index (χ3v) is 6.28. The summed E-state index contributed by atoms with van der Waals surface area (Å²) >= 11 is 0. The quantitative estimate of drug-likeness (QED) is 0.624. The van der Waals surface area contributed by atoms with Crippen molar-refractivity contribution in [1.82, 2.24) is 15.4 Å². The van der Waals surface area contributed by atoms with E-state index in [1.54, 1.807) is 11.0 Å². The van der Waals surface area contributed by atoms with Crippen LogP contribution in [-0.4, -0.2) is 66.9 Å². The van der Waals surface area contributed by atoms with Crippen LogP contribution in [0.25, 0.3) is 11.3 Å². The van der Waals surface area contributed by atoms with E-state index in [9.17, 15) is 9.59 Å². The molecule has 4 rings (SSSR count). The van der Waals surface area contributed by atoms with Crippen molar-refractivity contribution in [2.45, 2.75) is 58.2 Å². The molecule has 1 N–H and O–H groups in total. The van der Waals surface area contributed by atoms with Crippen LogP contribution in [0.1, 0.15) is 53.7 Å². The number of carbonyl (C=O) groups excluding carboxylic acids is 2. The Hall–Kier alpha value is -2.71. The van der Waals surface area contributed by atoms with Gasteiger partial charge in [0.15, 0.2) is 11.5 Å². The van der Waals surface area contributed by atoms with Crippen molar-refractivity contribution in [2.24, 2.45) is 0 Å². The summed E-state index contributed by atoms with van der Waals surface area (Å²) in [5, 5.41) is 6.97. The molecule has 33 heavy (non-hydrogen) atoms. The maximum Gasteiger partial charge on any atom is 0.276 e. The van der Waals surface area contributed by atoms with E-state index in [1.165, 1.54) is 0 Å². The van der Waals surface area contributed by atoms with Crippen LogP contribution in [0.3, 0.4) is 0 Å². The van der Waals surface area contributed by atoms with Crippen molar-refractivity contribution >= 4 is 11.8 Å². The van der Waals surface area contributed by atoms with Crippen LogP contribution in [-0.2, 0) is 14.3 Å². The lowest BCUT2D eigenvalue weighted by atomic mass is 10.0. The first-order chi connectivity index (χ1) is 16.0. The lowest BCUT2D eigenvalue weighted by molar-refractivity contribution is -0.121. The first-order valence-electron chi connectivity index (χ1n) is 11.8. The fourth-order valence-electron chi connectivity index (χ4n) is 4.33. The topological polar surface area (TPSA) is 93.9 Å². The Balaban J connectivity index is 1.41. The van der Waals surface area contributed by atoms with E-state index in [4.69, 9.17) is 14.0 Å². The number of benzene rings is 1. The summed E-state index contributed by atoms with van der Waals surface area (Å²) in [6, 6.07) is 7.76. The number of amides is 2. The summed E-state index contributed by atoms with van der Waals surface area (Å²) in [6.07, 6.45) is 4.18. The van der Waals surface area contributed by atoms with Gasteiger partial charge in [0, 0.05) is 50.9 Å². The minimum absolute atomic E-state index is 0.0192. The van der Waals surface area contributed by atoms with E-state index >= 15 is 0 Å². The minimum atomic E-state index is -0.252. The van der Waals surface area contributed by atoms with Gasteiger partial charge in [0.25, 0.3) is 5.91 Å². The smallest absolute Gasteiger partial charge is 0.276 e. The zero-order valence-electron chi connectivity index (χ0n) is 19.5. The standard InChI is InChI=1S/C25H33N3O5/c1-17-7-8-18(2)21(13-17)23-14-22(27-33-23)25(30)28(16-20-6-4-12-32-20)10-9-24(29)26-15-19-5-3-11-31-19/h7-8,13-14,19-20H,3-6,9-12,15-16H2,1-2H3,(H,26,29)/t19-,20+/m1/s1. The molecule has 3 heterocycles. The van der Waals surface area contributed by atoms with Crippen LogP contribution >= 0.6 is 0 Å². The number of nitrogens with zero attached hydrogens (tertiary/aromatic N) is 2. The van der Waals surface area contributed by atoms with E-state index in [2.05, 4.69) is 10.5 Å². The Morgan fingerprint density at radius 2 is 1.85 bits per heavy atom. The molecule has 0 unspecified atom stereocenters. The highest BCUT2D eigenvalue weighted by atomic mass is 16.5. The third-order valence-electron chi connectivity index (χ3n) is 6.28. The second kappa shape index (κ2) is 10.9. The predicted molar refractivity (Wildman–Crippen MR) is 123 cm³/mol. The van der Waals surface area contributed by atoms with Crippen LogP contribution in [0.5, 0.6) is 0 Å². The van der Waals surface area contributed by atoms with Gasteiger partial charge < -0.3 is 24.2 Å². The van der Waals surface area contributed by atoms with Crippen molar-refractivity contribution in [3.8, 4) is 11.3 Å². The Morgan fingerprint density at radius 1 is 1.09 bits per heavy atom. The lowest BCUT2D eigenvalue weighted by Gasteiger charge is -2.24. The number of carbonyl (C=O) groups is 2. The molecule has 8 heteroatoms. The largest absolute Gasteiger partial charge is 0.376 e. The molecule has 0 spiro atoms. The Labute approximate surface area is 194 Å². The predicted octanol–water partition coefficient (Wildman–Crippen LogP) is 3.26. The molecule has 2 atom stereocenters. The van der Waals surface area contributed by atoms with Gasteiger partial charge in [-0.3, -0.25) is 9.59 Å². The maximum atomic E-state index is 13.3. The highest BCUT2D eigenvalue weighted by Crippen LogP contribution is 2.26. The van der Waals surface area contributed by atoms with Crippen LogP contribution < -0.4 is 5.32 Å². The van der Waals surface area contributed by atoms with Crippen LogP contribution in [0, 0.1) is 13.8 Å².